The van der Waals surface area contributed by atoms with Crippen molar-refractivity contribution in [3.05, 3.63) is 0 Å². The molecule has 0 N–H and O–H groups in total. The van der Waals surface area contributed by atoms with Gasteiger partial charge in [-0.15, -0.1) is 0 Å². The Labute approximate surface area is 47.4 Å². The molecule has 0 aliphatic carbocycles. The molecule has 2 fully saturated rings. The van der Waals surface area contributed by atoms with Gasteiger partial charge in [0.05, 0.1) is 12.7 Å². The Morgan fingerprint density at radius 3 is 2.86 bits per heavy atom. The van der Waals surface area contributed by atoms with Crippen molar-refractivity contribution in [1.29, 1.82) is 0 Å². The molecule has 0 saturated carbocycles. The molecule has 0 bridgehead atoms. The molecule has 0 spiro atoms. The minimum Gasteiger partial charge on any atom is -0.373 e. The van der Waals surface area contributed by atoms with Crippen LogP contribution in [0.2, 0.25) is 0 Å². The van der Waals surface area contributed by atoms with Crippen molar-refractivity contribution in [3.8, 4) is 0 Å². The number of ether oxygens (including phenoxy) is 1. The summed E-state index contributed by atoms with van der Waals surface area (Å²) in [4.78, 5) is 0. The second-order valence-corrected chi connectivity index (χ2v) is 3.48. The zero-order chi connectivity index (χ0) is 4.69. The molecule has 0 radical (unpaired) electrons. The second kappa shape index (κ2) is 1.39. The summed E-state index contributed by atoms with van der Waals surface area (Å²) in [6.07, 6.45) is 1.99. The van der Waals surface area contributed by atoms with Crippen molar-refractivity contribution < 1.29 is 4.74 Å². The normalized spacial score (nSPS) is 46.3. The zero-order valence-electron chi connectivity index (χ0n) is 4.09. The van der Waals surface area contributed by atoms with Crippen LogP contribution in [0.5, 0.6) is 0 Å². The Morgan fingerprint density at radius 2 is 2.43 bits per heavy atom. The molecule has 2 aliphatic heterocycles. The summed E-state index contributed by atoms with van der Waals surface area (Å²) >= 11 is 2.06. The van der Waals surface area contributed by atoms with Crippen molar-refractivity contribution in [3.63, 3.8) is 0 Å². The van der Waals surface area contributed by atoms with Crippen LogP contribution >= 0.6 is 11.8 Å². The first-order valence-electron chi connectivity index (χ1n) is 2.68. The molecule has 0 aromatic heterocycles. The lowest BCUT2D eigenvalue weighted by Gasteiger charge is -1.81. The lowest BCUT2D eigenvalue weighted by molar-refractivity contribution is 0.400. The fourth-order valence-corrected chi connectivity index (χ4v) is 1.32. The molecule has 0 aromatic carbocycles. The summed E-state index contributed by atoms with van der Waals surface area (Å²) < 4.78 is 5.05. The Morgan fingerprint density at radius 1 is 1.71 bits per heavy atom. The average Bonchev–Trinajstić information content (AvgIpc) is 2.33. The number of hydrogen-bond acceptors (Lipinski definition) is 2. The summed E-state index contributed by atoms with van der Waals surface area (Å²) in [5.74, 6) is 1.39. The summed E-state index contributed by atoms with van der Waals surface area (Å²) in [6, 6.07) is 0. The van der Waals surface area contributed by atoms with Crippen molar-refractivity contribution in [1.82, 2.24) is 0 Å². The quantitative estimate of drug-likeness (QED) is 0.497. The van der Waals surface area contributed by atoms with Crippen LogP contribution in [0.15, 0.2) is 0 Å². The minimum absolute atomic E-state index is 0.667. The van der Waals surface area contributed by atoms with Crippen LogP contribution in [0.25, 0.3) is 0 Å². The molecule has 1 nitrogen and oxygen atoms in total. The summed E-state index contributed by atoms with van der Waals surface area (Å²) in [7, 11) is 0. The van der Waals surface area contributed by atoms with E-state index >= 15 is 0 Å². The molecule has 0 amide bonds. The number of hydrogen-bond donors (Lipinski definition) is 0. The van der Waals surface area contributed by atoms with Gasteiger partial charge < -0.3 is 4.74 Å². The van der Waals surface area contributed by atoms with Gasteiger partial charge in [0.2, 0.25) is 0 Å². The lowest BCUT2D eigenvalue weighted by atomic mass is 10.3. The van der Waals surface area contributed by atoms with E-state index in [-0.39, 0.29) is 0 Å². The van der Waals surface area contributed by atoms with Crippen LogP contribution in [0.3, 0.4) is 0 Å². The van der Waals surface area contributed by atoms with Gasteiger partial charge in [0.25, 0.3) is 0 Å². The Balaban J connectivity index is 1.69. The average molecular weight is 116 g/mol. The Bertz CT molecular complexity index is 66.1. The molecule has 0 aromatic rings. The SMILES string of the molecule is C1OC1CC1CS1. The Kier molecular flexibility index (Phi) is 0.837. The summed E-state index contributed by atoms with van der Waals surface area (Å²) in [5.41, 5.74) is 0. The van der Waals surface area contributed by atoms with Crippen LogP contribution in [0.4, 0.5) is 0 Å². The van der Waals surface area contributed by atoms with Gasteiger partial charge in [-0.25, -0.2) is 0 Å². The van der Waals surface area contributed by atoms with Crippen LogP contribution in [-0.2, 0) is 4.74 Å². The molecule has 2 atom stereocenters. The fraction of sp³-hybridized carbons (Fsp3) is 1.00. The van der Waals surface area contributed by atoms with Crippen molar-refractivity contribution in [2.45, 2.75) is 17.8 Å². The van der Waals surface area contributed by atoms with Crippen LogP contribution in [0.1, 0.15) is 6.42 Å². The first-order valence-corrected chi connectivity index (χ1v) is 3.73. The molecule has 2 saturated heterocycles. The van der Waals surface area contributed by atoms with E-state index in [1.807, 2.05) is 0 Å². The van der Waals surface area contributed by atoms with E-state index in [0.29, 0.717) is 6.10 Å². The number of epoxide rings is 1. The van der Waals surface area contributed by atoms with Gasteiger partial charge in [-0.1, -0.05) is 0 Å². The van der Waals surface area contributed by atoms with Crippen molar-refractivity contribution in [2.24, 2.45) is 0 Å². The van der Waals surface area contributed by atoms with E-state index in [1.54, 1.807) is 0 Å². The summed E-state index contributed by atoms with van der Waals surface area (Å²) in [5, 5.41) is 0.979. The van der Waals surface area contributed by atoms with Gasteiger partial charge >= 0.3 is 0 Å². The highest BCUT2D eigenvalue weighted by Gasteiger charge is 2.32. The van der Waals surface area contributed by atoms with Gasteiger partial charge in [-0.3, -0.25) is 0 Å². The first kappa shape index (κ1) is 4.21. The predicted molar refractivity (Wildman–Crippen MR) is 30.6 cm³/mol. The number of thioether (sulfide) groups is 1. The monoisotopic (exact) mass is 116 g/mol. The van der Waals surface area contributed by atoms with Crippen LogP contribution < -0.4 is 0 Å². The largest absolute Gasteiger partial charge is 0.373 e. The highest BCUT2D eigenvalue weighted by molar-refractivity contribution is 8.06. The van der Waals surface area contributed by atoms with Crippen LogP contribution in [0, 0.1) is 0 Å². The maximum Gasteiger partial charge on any atom is 0.0820 e. The first-order chi connectivity index (χ1) is 3.45. The second-order valence-electron chi connectivity index (χ2n) is 2.15. The van der Waals surface area contributed by atoms with Crippen molar-refractivity contribution >= 4 is 11.8 Å². The van der Waals surface area contributed by atoms with Gasteiger partial charge in [-0.05, 0) is 6.42 Å². The van der Waals surface area contributed by atoms with E-state index in [0.717, 1.165) is 11.9 Å². The highest BCUT2D eigenvalue weighted by Crippen LogP contribution is 2.36. The van der Waals surface area contributed by atoms with Gasteiger partial charge in [0.1, 0.15) is 0 Å². The van der Waals surface area contributed by atoms with E-state index in [1.165, 1.54) is 12.2 Å². The van der Waals surface area contributed by atoms with Crippen molar-refractivity contribution in [2.75, 3.05) is 12.4 Å². The van der Waals surface area contributed by atoms with Gasteiger partial charge in [0, 0.05) is 11.0 Å². The zero-order valence-corrected chi connectivity index (χ0v) is 4.91. The molecular formula is C5H8OS. The maximum atomic E-state index is 5.05. The van der Waals surface area contributed by atoms with E-state index in [9.17, 15) is 0 Å². The maximum absolute atomic E-state index is 5.05. The third-order valence-electron chi connectivity index (χ3n) is 1.33. The topological polar surface area (TPSA) is 12.5 Å². The Hall–Kier alpha value is 0.310. The molecule has 40 valence electrons. The van der Waals surface area contributed by atoms with Crippen LogP contribution in [-0.4, -0.2) is 23.7 Å². The fourth-order valence-electron chi connectivity index (χ4n) is 0.701. The molecule has 2 heterocycles. The molecule has 2 heteroatoms. The lowest BCUT2D eigenvalue weighted by Crippen LogP contribution is -1.89. The van der Waals surface area contributed by atoms with E-state index in [4.69, 9.17) is 4.74 Å². The highest BCUT2D eigenvalue weighted by atomic mass is 32.2. The smallest absolute Gasteiger partial charge is 0.0820 e. The third kappa shape index (κ3) is 1.10. The third-order valence-corrected chi connectivity index (χ3v) is 2.33. The molecular weight excluding hydrogens is 108 g/mol. The predicted octanol–water partition coefficient (Wildman–Crippen LogP) is 0.891. The molecule has 2 aliphatic rings. The standard InChI is InChI=1S/C5H8OS/c1(4-2-6-4)5-3-7-5/h4-5H,1-3H2. The van der Waals surface area contributed by atoms with E-state index < -0.39 is 0 Å². The van der Waals surface area contributed by atoms with E-state index in [2.05, 4.69) is 11.8 Å². The van der Waals surface area contributed by atoms with Gasteiger partial charge in [-0.2, -0.15) is 11.8 Å². The number of rotatable bonds is 2. The summed E-state index contributed by atoms with van der Waals surface area (Å²) in [6.45, 7) is 1.04. The molecule has 2 unspecified atom stereocenters. The molecule has 7 heavy (non-hydrogen) atoms. The molecule has 2 rings (SSSR count). The minimum atomic E-state index is 0.667. The van der Waals surface area contributed by atoms with Gasteiger partial charge in [0.15, 0.2) is 0 Å².